The molecular formula is C48H29N3OS. The molecule has 10 aromatic rings. The van der Waals surface area contributed by atoms with E-state index in [1.807, 2.05) is 54.2 Å². The van der Waals surface area contributed by atoms with Crippen molar-refractivity contribution in [3.63, 3.8) is 0 Å². The molecule has 0 aliphatic carbocycles. The van der Waals surface area contributed by atoms with Crippen molar-refractivity contribution in [1.29, 1.82) is 0 Å². The van der Waals surface area contributed by atoms with Gasteiger partial charge >= 0.3 is 0 Å². The zero-order valence-electron chi connectivity index (χ0n) is 28.5. The molecule has 8 aromatic carbocycles. The van der Waals surface area contributed by atoms with E-state index >= 15 is 0 Å². The van der Waals surface area contributed by atoms with Crippen LogP contribution in [0.1, 0.15) is 5.56 Å². The molecule has 0 spiro atoms. The van der Waals surface area contributed by atoms with Gasteiger partial charge in [0.2, 0.25) is 0 Å². The molecule has 0 saturated heterocycles. The number of fused-ring (bicyclic) bond motifs is 9. The summed E-state index contributed by atoms with van der Waals surface area (Å²) in [5, 5.41) is 6.82. The second-order valence-electron chi connectivity index (χ2n) is 13.5. The number of hydrogen-bond donors (Lipinski definition) is 0. The fourth-order valence-electron chi connectivity index (χ4n) is 7.80. The standard InChI is InChI=1S/C48H29N3OS/c1-2-10-30(11-3-1)46-49-47(34-19-22-38-33(25-34)18-17-29-9-4-6-13-36(29)38)51-48(50-46)39-15-8-16-43-45(39)41-27-31(20-23-42(41)52-43)32-21-24-44-40(26-32)37-14-7-5-12-35(37)28-53-44/h1-27H,28H2. The quantitative estimate of drug-likeness (QED) is 0.172. The summed E-state index contributed by atoms with van der Waals surface area (Å²) in [7, 11) is 0. The second kappa shape index (κ2) is 12.0. The molecule has 0 atom stereocenters. The van der Waals surface area contributed by atoms with Crippen molar-refractivity contribution in [1.82, 2.24) is 15.0 Å². The van der Waals surface area contributed by atoms with Gasteiger partial charge in [-0.25, -0.2) is 15.0 Å². The summed E-state index contributed by atoms with van der Waals surface area (Å²) >= 11 is 1.91. The first kappa shape index (κ1) is 30.1. The van der Waals surface area contributed by atoms with Crippen molar-refractivity contribution < 1.29 is 4.42 Å². The van der Waals surface area contributed by atoms with Crippen LogP contribution in [0.25, 0.3) is 99.9 Å². The highest BCUT2D eigenvalue weighted by Crippen LogP contribution is 2.44. The number of nitrogens with zero attached hydrogens (tertiary/aromatic N) is 3. The molecule has 5 heteroatoms. The minimum absolute atomic E-state index is 0.605. The molecule has 1 aliphatic rings. The highest BCUT2D eigenvalue weighted by Gasteiger charge is 2.20. The highest BCUT2D eigenvalue weighted by molar-refractivity contribution is 7.98. The van der Waals surface area contributed by atoms with Crippen LogP contribution in [0.5, 0.6) is 0 Å². The molecule has 0 N–H and O–H groups in total. The Morgan fingerprint density at radius 2 is 1.13 bits per heavy atom. The van der Waals surface area contributed by atoms with E-state index in [-0.39, 0.29) is 0 Å². The molecule has 0 unspecified atom stereocenters. The van der Waals surface area contributed by atoms with Crippen LogP contribution in [0, 0.1) is 0 Å². The van der Waals surface area contributed by atoms with Crippen LogP contribution in [0.15, 0.2) is 173 Å². The number of hydrogen-bond acceptors (Lipinski definition) is 5. The predicted octanol–water partition coefficient (Wildman–Crippen LogP) is 13.0. The number of benzene rings is 8. The summed E-state index contributed by atoms with van der Waals surface area (Å²) in [4.78, 5) is 16.7. The molecule has 4 nitrogen and oxygen atoms in total. The molecule has 0 radical (unpaired) electrons. The normalized spacial score (nSPS) is 12.4. The molecule has 3 heterocycles. The molecule has 0 bridgehead atoms. The average molecular weight is 696 g/mol. The third-order valence-electron chi connectivity index (χ3n) is 10.4. The minimum Gasteiger partial charge on any atom is -0.456 e. The summed E-state index contributed by atoms with van der Waals surface area (Å²) in [5.41, 5.74) is 10.7. The van der Waals surface area contributed by atoms with Crippen molar-refractivity contribution in [2.75, 3.05) is 0 Å². The van der Waals surface area contributed by atoms with E-state index in [2.05, 4.69) is 121 Å². The maximum atomic E-state index is 6.48. The van der Waals surface area contributed by atoms with Crippen LogP contribution in [0.3, 0.4) is 0 Å². The van der Waals surface area contributed by atoms with Gasteiger partial charge in [-0.15, -0.1) is 11.8 Å². The van der Waals surface area contributed by atoms with Gasteiger partial charge in [0.25, 0.3) is 0 Å². The second-order valence-corrected chi connectivity index (χ2v) is 14.6. The van der Waals surface area contributed by atoms with Crippen LogP contribution < -0.4 is 0 Å². The zero-order chi connectivity index (χ0) is 34.9. The van der Waals surface area contributed by atoms with Gasteiger partial charge in [0.1, 0.15) is 11.2 Å². The molecular weight excluding hydrogens is 667 g/mol. The smallest absolute Gasteiger partial charge is 0.164 e. The van der Waals surface area contributed by atoms with E-state index < -0.39 is 0 Å². The summed E-state index contributed by atoms with van der Waals surface area (Å²) < 4.78 is 6.48. The SMILES string of the molecule is c1ccc(-c2nc(-c3ccc4c(ccc5ccccc54)c3)nc(-c3cccc4oc5ccc(-c6ccc7c(c6)-c6ccccc6CS7)cc5c34)n2)cc1. The lowest BCUT2D eigenvalue weighted by atomic mass is 9.95. The molecule has 11 rings (SSSR count). The van der Waals surface area contributed by atoms with Gasteiger partial charge in [-0.2, -0.15) is 0 Å². The van der Waals surface area contributed by atoms with E-state index in [9.17, 15) is 0 Å². The van der Waals surface area contributed by atoms with Gasteiger partial charge in [-0.3, -0.25) is 0 Å². The monoisotopic (exact) mass is 695 g/mol. The Hall–Kier alpha value is -6.56. The van der Waals surface area contributed by atoms with Gasteiger partial charge in [-0.05, 0) is 85.8 Å². The Morgan fingerprint density at radius 3 is 2.08 bits per heavy atom. The molecule has 53 heavy (non-hydrogen) atoms. The number of thioether (sulfide) groups is 1. The first-order valence-corrected chi connectivity index (χ1v) is 18.8. The van der Waals surface area contributed by atoms with Crippen molar-refractivity contribution in [2.24, 2.45) is 0 Å². The van der Waals surface area contributed by atoms with Crippen LogP contribution in [0.2, 0.25) is 0 Å². The number of furan rings is 1. The third kappa shape index (κ3) is 5.04. The summed E-state index contributed by atoms with van der Waals surface area (Å²) in [6.45, 7) is 0. The fourth-order valence-corrected chi connectivity index (χ4v) is 8.85. The van der Waals surface area contributed by atoms with Crippen molar-refractivity contribution in [3.05, 3.63) is 169 Å². The first-order chi connectivity index (χ1) is 26.2. The summed E-state index contributed by atoms with van der Waals surface area (Å²) in [6.07, 6.45) is 0. The number of aromatic nitrogens is 3. The Kier molecular flexibility index (Phi) is 6.82. The lowest BCUT2D eigenvalue weighted by Gasteiger charge is -2.20. The van der Waals surface area contributed by atoms with Gasteiger partial charge in [0.05, 0.1) is 0 Å². The fraction of sp³-hybridized carbons (Fsp3) is 0.0208. The third-order valence-corrected chi connectivity index (χ3v) is 11.5. The Labute approximate surface area is 309 Å². The highest BCUT2D eigenvalue weighted by atomic mass is 32.2. The minimum atomic E-state index is 0.605. The maximum Gasteiger partial charge on any atom is 0.164 e. The van der Waals surface area contributed by atoms with E-state index in [0.717, 1.165) is 55.3 Å². The Balaban J connectivity index is 1.09. The Morgan fingerprint density at radius 1 is 0.415 bits per heavy atom. The van der Waals surface area contributed by atoms with Gasteiger partial charge in [-0.1, -0.05) is 127 Å². The van der Waals surface area contributed by atoms with E-state index in [1.54, 1.807) is 0 Å². The number of rotatable bonds is 4. The van der Waals surface area contributed by atoms with Crippen LogP contribution in [0.4, 0.5) is 0 Å². The molecule has 0 saturated carbocycles. The van der Waals surface area contributed by atoms with E-state index in [4.69, 9.17) is 19.4 Å². The van der Waals surface area contributed by atoms with Gasteiger partial charge < -0.3 is 4.42 Å². The van der Waals surface area contributed by atoms with Crippen molar-refractivity contribution in [3.8, 4) is 56.4 Å². The zero-order valence-corrected chi connectivity index (χ0v) is 29.3. The summed E-state index contributed by atoms with van der Waals surface area (Å²) in [5.74, 6) is 2.86. The first-order valence-electron chi connectivity index (χ1n) is 17.8. The van der Waals surface area contributed by atoms with Gasteiger partial charge in [0.15, 0.2) is 17.5 Å². The van der Waals surface area contributed by atoms with Gasteiger partial charge in [0, 0.05) is 38.1 Å². The summed E-state index contributed by atoms with van der Waals surface area (Å²) in [6, 6.07) is 57.7. The van der Waals surface area contributed by atoms with Crippen molar-refractivity contribution in [2.45, 2.75) is 10.6 Å². The lowest BCUT2D eigenvalue weighted by molar-refractivity contribution is 0.669. The predicted molar refractivity (Wildman–Crippen MR) is 219 cm³/mol. The maximum absolute atomic E-state index is 6.48. The largest absolute Gasteiger partial charge is 0.456 e. The molecule has 1 aliphatic heterocycles. The molecule has 0 amide bonds. The van der Waals surface area contributed by atoms with Crippen LogP contribution in [-0.2, 0) is 5.75 Å². The average Bonchev–Trinajstić information content (AvgIpc) is 3.61. The van der Waals surface area contributed by atoms with Crippen molar-refractivity contribution >= 4 is 55.2 Å². The molecule has 2 aromatic heterocycles. The topological polar surface area (TPSA) is 51.8 Å². The van der Waals surface area contributed by atoms with E-state index in [0.29, 0.717) is 17.5 Å². The molecule has 248 valence electrons. The lowest BCUT2D eigenvalue weighted by Crippen LogP contribution is -2.00. The van der Waals surface area contributed by atoms with Crippen LogP contribution in [-0.4, -0.2) is 15.0 Å². The molecule has 0 fully saturated rings. The van der Waals surface area contributed by atoms with E-state index in [1.165, 1.54) is 43.3 Å². The van der Waals surface area contributed by atoms with Crippen LogP contribution >= 0.6 is 11.8 Å². The Bertz CT molecular complexity index is 3080.